The zero-order chi connectivity index (χ0) is 11.9. The van der Waals surface area contributed by atoms with Crippen molar-refractivity contribution in [1.29, 1.82) is 0 Å². The van der Waals surface area contributed by atoms with Crippen molar-refractivity contribution in [1.82, 2.24) is 15.3 Å². The van der Waals surface area contributed by atoms with E-state index in [4.69, 9.17) is 5.11 Å². The normalized spacial score (nSPS) is 10.4. The molecule has 2 N–H and O–H groups in total. The van der Waals surface area contributed by atoms with Crippen molar-refractivity contribution >= 4 is 0 Å². The Labute approximate surface area is 100 Å². The molecule has 0 saturated heterocycles. The molecule has 0 fully saturated rings. The average Bonchev–Trinajstić information content (AvgIpc) is 2.40. The standard InChI is InChI=1S/C13H15N3O/c17-10-12-4-1-3-11(7-12)8-14-9-13-15-5-2-6-16-13/h1-7,14,17H,8-10H2. The third-order valence-electron chi connectivity index (χ3n) is 2.41. The van der Waals surface area contributed by atoms with Crippen molar-refractivity contribution in [2.24, 2.45) is 0 Å². The molecule has 0 aliphatic rings. The number of hydrogen-bond donors (Lipinski definition) is 2. The van der Waals surface area contributed by atoms with Gasteiger partial charge in [-0.05, 0) is 17.2 Å². The van der Waals surface area contributed by atoms with Gasteiger partial charge in [-0.2, -0.15) is 0 Å². The van der Waals surface area contributed by atoms with Gasteiger partial charge in [-0.1, -0.05) is 24.3 Å². The number of benzene rings is 1. The highest BCUT2D eigenvalue weighted by Crippen LogP contribution is 2.04. The van der Waals surface area contributed by atoms with E-state index in [2.05, 4.69) is 15.3 Å². The van der Waals surface area contributed by atoms with Crippen molar-refractivity contribution in [2.45, 2.75) is 19.7 Å². The highest BCUT2D eigenvalue weighted by molar-refractivity contribution is 5.22. The van der Waals surface area contributed by atoms with Crippen LogP contribution < -0.4 is 5.32 Å². The van der Waals surface area contributed by atoms with Crippen LogP contribution in [0.4, 0.5) is 0 Å². The molecule has 0 aliphatic heterocycles. The second-order valence-corrected chi connectivity index (χ2v) is 3.75. The minimum Gasteiger partial charge on any atom is -0.392 e. The molecule has 0 bridgehead atoms. The summed E-state index contributed by atoms with van der Waals surface area (Å²) in [7, 11) is 0. The van der Waals surface area contributed by atoms with Crippen LogP contribution >= 0.6 is 0 Å². The summed E-state index contributed by atoms with van der Waals surface area (Å²) >= 11 is 0. The van der Waals surface area contributed by atoms with Gasteiger partial charge in [0.2, 0.25) is 0 Å². The monoisotopic (exact) mass is 229 g/mol. The molecule has 88 valence electrons. The molecule has 4 heteroatoms. The maximum atomic E-state index is 9.03. The smallest absolute Gasteiger partial charge is 0.141 e. The van der Waals surface area contributed by atoms with Crippen molar-refractivity contribution in [3.05, 3.63) is 59.7 Å². The topological polar surface area (TPSA) is 58.0 Å². The van der Waals surface area contributed by atoms with E-state index in [0.717, 1.165) is 23.5 Å². The predicted molar refractivity (Wildman–Crippen MR) is 64.9 cm³/mol. The van der Waals surface area contributed by atoms with Gasteiger partial charge in [-0.25, -0.2) is 9.97 Å². The first-order valence-electron chi connectivity index (χ1n) is 5.54. The van der Waals surface area contributed by atoms with Gasteiger partial charge in [-0.3, -0.25) is 0 Å². The molecule has 0 saturated carbocycles. The number of aromatic nitrogens is 2. The summed E-state index contributed by atoms with van der Waals surface area (Å²) in [4.78, 5) is 8.26. The van der Waals surface area contributed by atoms with Crippen molar-refractivity contribution in [2.75, 3.05) is 0 Å². The van der Waals surface area contributed by atoms with Crippen LogP contribution in [-0.4, -0.2) is 15.1 Å². The molecule has 1 aromatic heterocycles. The molecule has 0 amide bonds. The van der Waals surface area contributed by atoms with Crippen LogP contribution in [0.3, 0.4) is 0 Å². The average molecular weight is 229 g/mol. The molecule has 0 unspecified atom stereocenters. The molecule has 17 heavy (non-hydrogen) atoms. The second kappa shape index (κ2) is 6.08. The van der Waals surface area contributed by atoms with E-state index in [1.54, 1.807) is 18.5 Å². The molecule has 0 spiro atoms. The lowest BCUT2D eigenvalue weighted by Crippen LogP contribution is -2.14. The van der Waals surface area contributed by atoms with Gasteiger partial charge in [0.25, 0.3) is 0 Å². The molecule has 2 rings (SSSR count). The second-order valence-electron chi connectivity index (χ2n) is 3.75. The van der Waals surface area contributed by atoms with Crippen molar-refractivity contribution in [3.63, 3.8) is 0 Å². The van der Waals surface area contributed by atoms with Crippen molar-refractivity contribution < 1.29 is 5.11 Å². The van der Waals surface area contributed by atoms with E-state index in [-0.39, 0.29) is 6.61 Å². The van der Waals surface area contributed by atoms with Crippen molar-refractivity contribution in [3.8, 4) is 0 Å². The van der Waals surface area contributed by atoms with Crippen LogP contribution in [0, 0.1) is 0 Å². The zero-order valence-electron chi connectivity index (χ0n) is 9.50. The SMILES string of the molecule is OCc1cccc(CNCc2ncccn2)c1. The van der Waals surface area contributed by atoms with Gasteiger partial charge < -0.3 is 10.4 Å². The van der Waals surface area contributed by atoms with E-state index < -0.39 is 0 Å². The van der Waals surface area contributed by atoms with Crippen LogP contribution in [0.25, 0.3) is 0 Å². The van der Waals surface area contributed by atoms with Gasteiger partial charge in [-0.15, -0.1) is 0 Å². The summed E-state index contributed by atoms with van der Waals surface area (Å²) in [5.41, 5.74) is 2.08. The van der Waals surface area contributed by atoms with E-state index >= 15 is 0 Å². The number of nitrogens with zero attached hydrogens (tertiary/aromatic N) is 2. The Morgan fingerprint density at radius 1 is 1.00 bits per heavy atom. The molecule has 0 atom stereocenters. The number of nitrogens with one attached hydrogen (secondary N) is 1. The third-order valence-corrected chi connectivity index (χ3v) is 2.41. The van der Waals surface area contributed by atoms with Crippen LogP contribution in [0.1, 0.15) is 17.0 Å². The van der Waals surface area contributed by atoms with Gasteiger partial charge in [0, 0.05) is 18.9 Å². The van der Waals surface area contributed by atoms with E-state index in [0.29, 0.717) is 6.54 Å². The Kier molecular flexibility index (Phi) is 4.18. The summed E-state index contributed by atoms with van der Waals surface area (Å²) in [5, 5.41) is 12.3. The molecule has 4 nitrogen and oxygen atoms in total. The summed E-state index contributed by atoms with van der Waals surface area (Å²) < 4.78 is 0. The first-order chi connectivity index (χ1) is 8.38. The third kappa shape index (κ3) is 3.62. The van der Waals surface area contributed by atoms with Gasteiger partial charge in [0.15, 0.2) is 0 Å². The lowest BCUT2D eigenvalue weighted by Gasteiger charge is -2.05. The number of aliphatic hydroxyl groups excluding tert-OH is 1. The van der Waals surface area contributed by atoms with E-state index in [1.807, 2.05) is 24.3 Å². The summed E-state index contributed by atoms with van der Waals surface area (Å²) in [6, 6.07) is 9.66. The Bertz CT molecular complexity index is 459. The Hall–Kier alpha value is -1.78. The first kappa shape index (κ1) is 11.7. The van der Waals surface area contributed by atoms with E-state index in [9.17, 15) is 0 Å². The quantitative estimate of drug-likeness (QED) is 0.810. The Balaban J connectivity index is 1.86. The fourth-order valence-electron chi connectivity index (χ4n) is 1.58. The van der Waals surface area contributed by atoms with Gasteiger partial charge in [0.05, 0.1) is 13.2 Å². The fourth-order valence-corrected chi connectivity index (χ4v) is 1.58. The van der Waals surface area contributed by atoms with Gasteiger partial charge >= 0.3 is 0 Å². The molecular formula is C13H15N3O. The maximum Gasteiger partial charge on any atom is 0.141 e. The van der Waals surface area contributed by atoms with Crippen LogP contribution in [0.5, 0.6) is 0 Å². The number of hydrogen-bond acceptors (Lipinski definition) is 4. The van der Waals surface area contributed by atoms with Crippen LogP contribution in [0.2, 0.25) is 0 Å². The Morgan fingerprint density at radius 3 is 2.53 bits per heavy atom. The number of aliphatic hydroxyl groups is 1. The lowest BCUT2D eigenvalue weighted by molar-refractivity contribution is 0.281. The predicted octanol–water partition coefficient (Wildman–Crippen LogP) is 1.26. The first-order valence-corrected chi connectivity index (χ1v) is 5.54. The summed E-state index contributed by atoms with van der Waals surface area (Å²) in [6.45, 7) is 1.46. The fraction of sp³-hybridized carbons (Fsp3) is 0.231. The zero-order valence-corrected chi connectivity index (χ0v) is 9.50. The maximum absolute atomic E-state index is 9.03. The van der Waals surface area contributed by atoms with Crippen LogP contribution in [-0.2, 0) is 19.7 Å². The molecule has 0 radical (unpaired) electrons. The number of rotatable bonds is 5. The minimum atomic E-state index is 0.0790. The largest absolute Gasteiger partial charge is 0.392 e. The van der Waals surface area contributed by atoms with Gasteiger partial charge in [0.1, 0.15) is 5.82 Å². The molecule has 2 aromatic rings. The van der Waals surface area contributed by atoms with E-state index in [1.165, 1.54) is 0 Å². The highest BCUT2D eigenvalue weighted by atomic mass is 16.3. The van der Waals surface area contributed by atoms with Crippen LogP contribution in [0.15, 0.2) is 42.7 Å². The molecule has 1 aromatic carbocycles. The summed E-state index contributed by atoms with van der Waals surface area (Å²) in [6.07, 6.45) is 3.47. The molecular weight excluding hydrogens is 214 g/mol. The molecule has 1 heterocycles. The summed E-state index contributed by atoms with van der Waals surface area (Å²) in [5.74, 6) is 0.783. The Morgan fingerprint density at radius 2 is 1.76 bits per heavy atom. The highest BCUT2D eigenvalue weighted by Gasteiger charge is 1.97. The molecule has 0 aliphatic carbocycles. The minimum absolute atomic E-state index is 0.0790. The lowest BCUT2D eigenvalue weighted by atomic mass is 10.1.